The molecule has 2 aromatic carbocycles. The fourth-order valence-electron chi connectivity index (χ4n) is 1.79. The van der Waals surface area contributed by atoms with Crippen LogP contribution >= 0.6 is 11.8 Å². The first kappa shape index (κ1) is 12.3. The zero-order chi connectivity index (χ0) is 12.3. The van der Waals surface area contributed by atoms with Gasteiger partial charge in [0.2, 0.25) is 0 Å². The minimum absolute atomic E-state index is 0.0370. The third-order valence-electron chi connectivity index (χ3n) is 2.52. The van der Waals surface area contributed by atoms with Gasteiger partial charge in [0.05, 0.1) is 0 Å². The lowest BCUT2D eigenvalue weighted by Gasteiger charge is -2.08. The number of aryl methyl sites for hydroxylation is 1. The van der Waals surface area contributed by atoms with E-state index in [1.54, 1.807) is 0 Å². The Labute approximate surface area is 102 Å². The van der Waals surface area contributed by atoms with Gasteiger partial charge in [0.25, 0.3) is 0 Å². The van der Waals surface area contributed by atoms with E-state index in [-0.39, 0.29) is 17.5 Å². The van der Waals surface area contributed by atoms with E-state index in [2.05, 4.69) is 0 Å². The van der Waals surface area contributed by atoms with Crippen molar-refractivity contribution in [2.45, 2.75) is 11.9 Å². The second-order valence-corrected chi connectivity index (χ2v) is 4.84. The Morgan fingerprint density at radius 2 is 1.65 bits per heavy atom. The van der Waals surface area contributed by atoms with Crippen molar-refractivity contribution in [1.29, 1.82) is 0 Å². The molecule has 0 atom stereocenters. The summed E-state index contributed by atoms with van der Waals surface area (Å²) in [4.78, 5) is 0. The van der Waals surface area contributed by atoms with Crippen LogP contribution in [0, 0.1) is 0 Å². The van der Waals surface area contributed by atoms with Gasteiger partial charge in [-0.25, -0.2) is 0 Å². The van der Waals surface area contributed by atoms with Gasteiger partial charge in [-0.1, -0.05) is 54.2 Å². The standard InChI is InChI=1S/C13H11F3S/c14-13(15,16)17-9-8-11-6-3-5-10-4-1-2-7-12(10)11/h1-7H,8-9H2. The van der Waals surface area contributed by atoms with E-state index in [0.717, 1.165) is 16.3 Å². The number of hydrogen-bond donors (Lipinski definition) is 0. The third kappa shape index (κ3) is 3.40. The highest BCUT2D eigenvalue weighted by Crippen LogP contribution is 2.31. The van der Waals surface area contributed by atoms with Gasteiger partial charge in [0, 0.05) is 5.75 Å². The average molecular weight is 256 g/mol. The molecule has 2 rings (SSSR count). The van der Waals surface area contributed by atoms with Crippen LogP contribution in [0.2, 0.25) is 0 Å². The lowest BCUT2D eigenvalue weighted by atomic mass is 10.0. The van der Waals surface area contributed by atoms with Crippen molar-refractivity contribution >= 4 is 22.5 Å². The zero-order valence-electron chi connectivity index (χ0n) is 9.00. The van der Waals surface area contributed by atoms with Gasteiger partial charge in [-0.15, -0.1) is 0 Å². The number of alkyl halides is 3. The molecule has 0 nitrogen and oxygen atoms in total. The van der Waals surface area contributed by atoms with Crippen LogP contribution in [0.3, 0.4) is 0 Å². The summed E-state index contributed by atoms with van der Waals surface area (Å²) in [5, 5.41) is 2.11. The van der Waals surface area contributed by atoms with Crippen LogP contribution in [0.25, 0.3) is 10.8 Å². The van der Waals surface area contributed by atoms with Crippen LogP contribution < -0.4 is 0 Å². The van der Waals surface area contributed by atoms with Crippen molar-refractivity contribution < 1.29 is 13.2 Å². The molecule has 0 radical (unpaired) electrons. The SMILES string of the molecule is FC(F)(F)SCCc1cccc2ccccc12. The molecule has 0 amide bonds. The summed E-state index contributed by atoms with van der Waals surface area (Å²) < 4.78 is 36.1. The quantitative estimate of drug-likeness (QED) is 0.771. The molecule has 4 heteroatoms. The van der Waals surface area contributed by atoms with Gasteiger partial charge in [0.15, 0.2) is 0 Å². The Hall–Kier alpha value is -1.16. The molecular weight excluding hydrogens is 245 g/mol. The maximum atomic E-state index is 12.0. The number of halogens is 3. The monoisotopic (exact) mass is 256 g/mol. The molecule has 17 heavy (non-hydrogen) atoms. The van der Waals surface area contributed by atoms with E-state index in [4.69, 9.17) is 0 Å². The number of benzene rings is 2. The minimum atomic E-state index is -4.13. The van der Waals surface area contributed by atoms with Gasteiger partial charge in [-0.05, 0) is 22.8 Å². The maximum absolute atomic E-state index is 12.0. The highest BCUT2D eigenvalue weighted by Gasteiger charge is 2.27. The molecule has 0 aromatic heterocycles. The van der Waals surface area contributed by atoms with E-state index in [9.17, 15) is 13.2 Å². The second kappa shape index (κ2) is 5.00. The van der Waals surface area contributed by atoms with Crippen molar-refractivity contribution in [3.05, 3.63) is 48.0 Å². The van der Waals surface area contributed by atoms with Gasteiger partial charge < -0.3 is 0 Å². The molecule has 90 valence electrons. The lowest BCUT2D eigenvalue weighted by molar-refractivity contribution is -0.0327. The van der Waals surface area contributed by atoms with Crippen molar-refractivity contribution in [3.63, 3.8) is 0 Å². The maximum Gasteiger partial charge on any atom is 0.441 e. The van der Waals surface area contributed by atoms with E-state index in [1.807, 2.05) is 42.5 Å². The lowest BCUT2D eigenvalue weighted by Crippen LogP contribution is -2.03. The summed E-state index contributed by atoms with van der Waals surface area (Å²) in [6.07, 6.45) is 0.436. The highest BCUT2D eigenvalue weighted by molar-refractivity contribution is 8.00. The molecule has 2 aromatic rings. The summed E-state index contributed by atoms with van der Waals surface area (Å²) >= 11 is 0.0370. The molecule has 0 saturated heterocycles. The van der Waals surface area contributed by atoms with Crippen LogP contribution in [-0.2, 0) is 6.42 Å². The zero-order valence-corrected chi connectivity index (χ0v) is 9.81. The fraction of sp³-hybridized carbons (Fsp3) is 0.231. The van der Waals surface area contributed by atoms with E-state index in [1.165, 1.54) is 0 Å². The summed E-state index contributed by atoms with van der Waals surface area (Å²) in [5.74, 6) is 0.0670. The Balaban J connectivity index is 2.13. The first-order valence-corrected chi connectivity index (χ1v) is 6.22. The van der Waals surface area contributed by atoms with Crippen molar-refractivity contribution in [2.24, 2.45) is 0 Å². The summed E-state index contributed by atoms with van der Waals surface area (Å²) in [6.45, 7) is 0. The van der Waals surface area contributed by atoms with Gasteiger partial charge >= 0.3 is 5.51 Å². The third-order valence-corrected chi connectivity index (χ3v) is 3.25. The van der Waals surface area contributed by atoms with Crippen LogP contribution in [0.15, 0.2) is 42.5 Å². The van der Waals surface area contributed by atoms with E-state index < -0.39 is 5.51 Å². The van der Waals surface area contributed by atoms with Crippen LogP contribution in [-0.4, -0.2) is 11.3 Å². The molecule has 0 N–H and O–H groups in total. The van der Waals surface area contributed by atoms with Crippen molar-refractivity contribution in [3.8, 4) is 0 Å². The van der Waals surface area contributed by atoms with Crippen molar-refractivity contribution in [2.75, 3.05) is 5.75 Å². The fourth-order valence-corrected chi connectivity index (χ4v) is 2.34. The Morgan fingerprint density at radius 3 is 2.41 bits per heavy atom. The van der Waals surface area contributed by atoms with Crippen LogP contribution in [0.1, 0.15) is 5.56 Å². The molecule has 0 aliphatic carbocycles. The topological polar surface area (TPSA) is 0 Å². The largest absolute Gasteiger partial charge is 0.441 e. The predicted molar refractivity (Wildman–Crippen MR) is 66.2 cm³/mol. The summed E-state index contributed by atoms with van der Waals surface area (Å²) in [6, 6.07) is 13.5. The smallest absolute Gasteiger partial charge is 0.160 e. The summed E-state index contributed by atoms with van der Waals surface area (Å²) in [5.41, 5.74) is -3.16. The molecule has 0 aliphatic heterocycles. The number of fused-ring (bicyclic) bond motifs is 1. The van der Waals surface area contributed by atoms with E-state index >= 15 is 0 Å². The van der Waals surface area contributed by atoms with E-state index in [0.29, 0.717) is 6.42 Å². The predicted octanol–water partition coefficient (Wildman–Crippen LogP) is 4.64. The normalized spacial score (nSPS) is 11.9. The Bertz CT molecular complexity index is 500. The molecule has 0 unspecified atom stereocenters. The number of rotatable bonds is 3. The molecular formula is C13H11F3S. The van der Waals surface area contributed by atoms with Gasteiger partial charge in [-0.3, -0.25) is 0 Å². The summed E-state index contributed by atoms with van der Waals surface area (Å²) in [7, 11) is 0. The van der Waals surface area contributed by atoms with Crippen LogP contribution in [0.4, 0.5) is 13.2 Å². The van der Waals surface area contributed by atoms with Crippen molar-refractivity contribution in [1.82, 2.24) is 0 Å². The molecule has 0 heterocycles. The first-order chi connectivity index (χ1) is 8.06. The molecule has 0 aliphatic rings. The van der Waals surface area contributed by atoms with Crippen LogP contribution in [0.5, 0.6) is 0 Å². The van der Waals surface area contributed by atoms with Gasteiger partial charge in [0.1, 0.15) is 0 Å². The Kier molecular flexibility index (Phi) is 3.62. The molecule has 0 bridgehead atoms. The first-order valence-electron chi connectivity index (χ1n) is 5.23. The molecule has 0 fully saturated rings. The second-order valence-electron chi connectivity index (χ2n) is 3.68. The number of hydrogen-bond acceptors (Lipinski definition) is 1. The number of thioether (sulfide) groups is 1. The molecule has 0 saturated carbocycles. The Morgan fingerprint density at radius 1 is 0.941 bits per heavy atom. The minimum Gasteiger partial charge on any atom is -0.160 e. The van der Waals surface area contributed by atoms with Gasteiger partial charge in [-0.2, -0.15) is 13.2 Å². The highest BCUT2D eigenvalue weighted by atomic mass is 32.2. The average Bonchev–Trinajstić information content (AvgIpc) is 2.28. The molecule has 0 spiro atoms.